The number of nitrogens with zero attached hydrogens (tertiary/aromatic N) is 2. The predicted molar refractivity (Wildman–Crippen MR) is 113 cm³/mol. The van der Waals surface area contributed by atoms with E-state index in [0.29, 0.717) is 13.1 Å². The van der Waals surface area contributed by atoms with Crippen LogP contribution >= 0.6 is 0 Å². The van der Waals surface area contributed by atoms with Gasteiger partial charge in [-0.05, 0) is 23.3 Å². The van der Waals surface area contributed by atoms with Crippen LogP contribution in [0.5, 0.6) is 0 Å². The van der Waals surface area contributed by atoms with Crippen molar-refractivity contribution in [2.75, 3.05) is 20.5 Å². The summed E-state index contributed by atoms with van der Waals surface area (Å²) in [7, 11) is 1.59. The number of hydrogen-bond acceptors (Lipinski definition) is 5. The maximum absolute atomic E-state index is 10.4. The second-order valence-electron chi connectivity index (χ2n) is 6.87. The highest BCUT2D eigenvalue weighted by Crippen LogP contribution is 2.26. The molecule has 0 bridgehead atoms. The molecule has 0 saturated heterocycles. The molecule has 0 aliphatic heterocycles. The third-order valence-corrected chi connectivity index (χ3v) is 4.81. The van der Waals surface area contributed by atoms with Gasteiger partial charge in [0.2, 0.25) is 0 Å². The quantitative estimate of drug-likeness (QED) is 0.503. The molecule has 0 saturated carbocycles. The molecule has 0 aliphatic rings. The van der Waals surface area contributed by atoms with Gasteiger partial charge in [0.25, 0.3) is 0 Å². The number of ether oxygens (including phenoxy) is 2. The van der Waals surface area contributed by atoms with Crippen molar-refractivity contribution in [3.8, 4) is 0 Å². The Hall–Kier alpha value is -2.57. The molecule has 5 heteroatoms. The highest BCUT2D eigenvalue weighted by atomic mass is 16.7. The zero-order chi connectivity index (χ0) is 20.3. The normalized spacial score (nSPS) is 13.3. The van der Waals surface area contributed by atoms with E-state index in [2.05, 4.69) is 34.1 Å². The molecule has 0 aliphatic carbocycles. The Balaban J connectivity index is 1.92. The van der Waals surface area contributed by atoms with Crippen LogP contribution < -0.4 is 0 Å². The Kier molecular flexibility index (Phi) is 8.34. The van der Waals surface area contributed by atoms with Crippen molar-refractivity contribution in [1.29, 1.82) is 0 Å². The first-order valence-electron chi connectivity index (χ1n) is 9.76. The Labute approximate surface area is 172 Å². The van der Waals surface area contributed by atoms with Crippen LogP contribution in [0.25, 0.3) is 0 Å². The van der Waals surface area contributed by atoms with Gasteiger partial charge in [-0.3, -0.25) is 9.88 Å². The molecule has 5 nitrogen and oxygen atoms in total. The molecule has 2 atom stereocenters. The van der Waals surface area contributed by atoms with Crippen LogP contribution in [0.4, 0.5) is 0 Å². The third kappa shape index (κ3) is 6.21. The van der Waals surface area contributed by atoms with E-state index < -0.39 is 6.10 Å². The second kappa shape index (κ2) is 11.4. The Bertz CT molecular complexity index is 774. The average Bonchev–Trinajstić information content (AvgIpc) is 2.78. The molecule has 3 rings (SSSR count). The van der Waals surface area contributed by atoms with E-state index in [0.717, 1.165) is 5.69 Å². The van der Waals surface area contributed by atoms with Crippen molar-refractivity contribution >= 4 is 0 Å². The SMILES string of the molecule is COCOC(c1ccccn1)C(CO)N(Cc1ccccc1)Cc1ccccc1. The van der Waals surface area contributed by atoms with Crippen LogP contribution in [0.1, 0.15) is 22.9 Å². The number of methoxy groups -OCH3 is 1. The summed E-state index contributed by atoms with van der Waals surface area (Å²) in [5, 5.41) is 10.4. The minimum Gasteiger partial charge on any atom is -0.395 e. The Morgan fingerprint density at radius 1 is 0.862 bits per heavy atom. The van der Waals surface area contributed by atoms with Gasteiger partial charge in [0.05, 0.1) is 18.3 Å². The van der Waals surface area contributed by atoms with Gasteiger partial charge in [0, 0.05) is 26.4 Å². The van der Waals surface area contributed by atoms with E-state index in [1.807, 2.05) is 54.6 Å². The number of pyridine rings is 1. The van der Waals surface area contributed by atoms with Gasteiger partial charge < -0.3 is 14.6 Å². The molecule has 0 amide bonds. The van der Waals surface area contributed by atoms with Gasteiger partial charge in [-0.1, -0.05) is 66.7 Å². The minimum atomic E-state index is -0.423. The minimum absolute atomic E-state index is 0.0649. The van der Waals surface area contributed by atoms with Crippen molar-refractivity contribution in [2.24, 2.45) is 0 Å². The first-order valence-corrected chi connectivity index (χ1v) is 9.76. The fourth-order valence-electron chi connectivity index (χ4n) is 3.41. The summed E-state index contributed by atoms with van der Waals surface area (Å²) >= 11 is 0. The van der Waals surface area contributed by atoms with Crippen LogP contribution in [-0.2, 0) is 22.6 Å². The van der Waals surface area contributed by atoms with E-state index in [9.17, 15) is 5.11 Å². The smallest absolute Gasteiger partial charge is 0.147 e. The maximum atomic E-state index is 10.4. The number of benzene rings is 2. The summed E-state index contributed by atoms with van der Waals surface area (Å²) in [5.74, 6) is 0. The zero-order valence-corrected chi connectivity index (χ0v) is 16.7. The van der Waals surface area contributed by atoms with Crippen LogP contribution in [0.3, 0.4) is 0 Å². The number of hydrogen-bond donors (Lipinski definition) is 1. The largest absolute Gasteiger partial charge is 0.395 e. The van der Waals surface area contributed by atoms with Gasteiger partial charge >= 0.3 is 0 Å². The van der Waals surface area contributed by atoms with Crippen molar-refractivity contribution < 1.29 is 14.6 Å². The summed E-state index contributed by atoms with van der Waals surface area (Å²) in [4.78, 5) is 6.71. The number of aromatic nitrogens is 1. The molecule has 152 valence electrons. The van der Waals surface area contributed by atoms with E-state index >= 15 is 0 Å². The highest BCUT2D eigenvalue weighted by Gasteiger charge is 2.30. The number of aliphatic hydroxyl groups excluding tert-OH is 1. The zero-order valence-electron chi connectivity index (χ0n) is 16.7. The highest BCUT2D eigenvalue weighted by molar-refractivity contribution is 5.18. The first-order chi connectivity index (χ1) is 14.3. The molecular weight excluding hydrogens is 364 g/mol. The first kappa shape index (κ1) is 21.1. The molecule has 2 unspecified atom stereocenters. The standard InChI is InChI=1S/C24H28N2O3/c1-28-19-29-24(22-14-8-9-15-25-22)23(18-27)26(16-20-10-4-2-5-11-20)17-21-12-6-3-7-13-21/h2-15,23-24,27H,16-19H2,1H3. The van der Waals surface area contributed by atoms with E-state index in [-0.39, 0.29) is 19.4 Å². The molecule has 1 heterocycles. The second-order valence-corrected chi connectivity index (χ2v) is 6.87. The lowest BCUT2D eigenvalue weighted by Crippen LogP contribution is -2.43. The lowest BCUT2D eigenvalue weighted by Gasteiger charge is -2.35. The summed E-state index contributed by atoms with van der Waals surface area (Å²) in [6.07, 6.45) is 1.32. The summed E-state index contributed by atoms with van der Waals surface area (Å²) < 4.78 is 11.2. The fraction of sp³-hybridized carbons (Fsp3) is 0.292. The average molecular weight is 392 g/mol. The topological polar surface area (TPSA) is 54.8 Å². The molecular formula is C24H28N2O3. The van der Waals surface area contributed by atoms with Crippen molar-refractivity contribution in [3.63, 3.8) is 0 Å². The predicted octanol–water partition coefficient (Wildman–Crippen LogP) is 3.81. The Morgan fingerprint density at radius 2 is 1.45 bits per heavy atom. The van der Waals surface area contributed by atoms with Gasteiger partial charge in [-0.25, -0.2) is 0 Å². The molecule has 3 aromatic rings. The molecule has 0 fully saturated rings. The van der Waals surface area contributed by atoms with E-state index in [1.165, 1.54) is 11.1 Å². The van der Waals surface area contributed by atoms with Crippen molar-refractivity contribution in [2.45, 2.75) is 25.2 Å². The number of rotatable bonds is 11. The van der Waals surface area contributed by atoms with Crippen LogP contribution in [0, 0.1) is 0 Å². The van der Waals surface area contributed by atoms with Crippen LogP contribution in [0.2, 0.25) is 0 Å². The summed E-state index contributed by atoms with van der Waals surface area (Å²) in [6.45, 7) is 1.42. The summed E-state index contributed by atoms with van der Waals surface area (Å²) in [6, 6.07) is 25.9. The molecule has 0 radical (unpaired) electrons. The summed E-state index contributed by atoms with van der Waals surface area (Å²) in [5.41, 5.74) is 3.12. The molecule has 2 aromatic carbocycles. The molecule has 29 heavy (non-hydrogen) atoms. The van der Waals surface area contributed by atoms with Gasteiger partial charge in [-0.2, -0.15) is 0 Å². The van der Waals surface area contributed by atoms with E-state index in [4.69, 9.17) is 9.47 Å². The van der Waals surface area contributed by atoms with Gasteiger partial charge in [0.1, 0.15) is 12.9 Å². The Morgan fingerprint density at radius 3 is 1.93 bits per heavy atom. The van der Waals surface area contributed by atoms with E-state index in [1.54, 1.807) is 13.3 Å². The lowest BCUT2D eigenvalue weighted by molar-refractivity contribution is -0.114. The lowest BCUT2D eigenvalue weighted by atomic mass is 10.0. The maximum Gasteiger partial charge on any atom is 0.147 e. The van der Waals surface area contributed by atoms with Crippen LogP contribution in [-0.4, -0.2) is 41.5 Å². The molecule has 0 spiro atoms. The van der Waals surface area contributed by atoms with Crippen LogP contribution in [0.15, 0.2) is 85.1 Å². The fourth-order valence-corrected chi connectivity index (χ4v) is 3.41. The molecule has 1 aromatic heterocycles. The number of aliphatic hydroxyl groups is 1. The van der Waals surface area contributed by atoms with Gasteiger partial charge in [-0.15, -0.1) is 0 Å². The van der Waals surface area contributed by atoms with Gasteiger partial charge in [0.15, 0.2) is 0 Å². The monoisotopic (exact) mass is 392 g/mol. The van der Waals surface area contributed by atoms with Crippen molar-refractivity contribution in [1.82, 2.24) is 9.88 Å². The molecule has 1 N–H and O–H groups in total. The third-order valence-electron chi connectivity index (χ3n) is 4.81. The van der Waals surface area contributed by atoms with Crippen molar-refractivity contribution in [3.05, 3.63) is 102 Å².